The molecule has 0 spiro atoms. The van der Waals surface area contributed by atoms with E-state index in [1.54, 1.807) is 18.2 Å². The number of benzene rings is 2. The van der Waals surface area contributed by atoms with Gasteiger partial charge in [-0.2, -0.15) is 0 Å². The molecule has 3 aromatic rings. The van der Waals surface area contributed by atoms with E-state index in [-0.39, 0.29) is 17.6 Å². The highest BCUT2D eigenvalue weighted by molar-refractivity contribution is 6.30. The fourth-order valence-electron chi connectivity index (χ4n) is 3.80. The zero-order valence-corrected chi connectivity index (χ0v) is 17.2. The van der Waals surface area contributed by atoms with Gasteiger partial charge < -0.3 is 20.2 Å². The van der Waals surface area contributed by atoms with E-state index < -0.39 is 0 Å². The number of halogens is 1. The van der Waals surface area contributed by atoms with Crippen molar-refractivity contribution >= 4 is 39.9 Å². The Hall–Kier alpha value is -2.77. The first-order chi connectivity index (χ1) is 13.9. The van der Waals surface area contributed by atoms with Crippen LogP contribution in [0.5, 0.6) is 0 Å². The van der Waals surface area contributed by atoms with E-state index in [4.69, 9.17) is 11.6 Å². The molecule has 1 atom stereocenters. The minimum absolute atomic E-state index is 0.0605. The van der Waals surface area contributed by atoms with Crippen molar-refractivity contribution in [2.75, 3.05) is 36.4 Å². The van der Waals surface area contributed by atoms with Crippen molar-refractivity contribution < 1.29 is 4.79 Å². The number of aromatic amines is 2. The van der Waals surface area contributed by atoms with Crippen molar-refractivity contribution in [2.24, 2.45) is 0 Å². The fourth-order valence-corrected chi connectivity index (χ4v) is 3.96. The second-order valence-corrected chi connectivity index (χ2v) is 7.89. The van der Waals surface area contributed by atoms with Crippen molar-refractivity contribution in [1.82, 2.24) is 14.9 Å². The van der Waals surface area contributed by atoms with Crippen LogP contribution in [0.4, 0.5) is 11.4 Å². The van der Waals surface area contributed by atoms with Crippen LogP contribution in [0.2, 0.25) is 5.02 Å². The molecule has 4 rings (SSSR count). The average molecular weight is 414 g/mol. The number of carbonyl (C=O) groups excluding carboxylic acids is 1. The number of fused-ring (bicyclic) bond motifs is 1. The van der Waals surface area contributed by atoms with Gasteiger partial charge in [0.05, 0.1) is 17.1 Å². The van der Waals surface area contributed by atoms with Crippen LogP contribution in [-0.4, -0.2) is 53.0 Å². The molecule has 0 bridgehead atoms. The quantitative estimate of drug-likeness (QED) is 0.614. The molecule has 29 heavy (non-hydrogen) atoms. The summed E-state index contributed by atoms with van der Waals surface area (Å²) in [4.78, 5) is 34.0. The Morgan fingerprint density at radius 1 is 1.07 bits per heavy atom. The topological polar surface area (TPSA) is 84.2 Å². The third-order valence-corrected chi connectivity index (χ3v) is 5.77. The number of imidazole rings is 1. The average Bonchev–Trinajstić information content (AvgIpc) is 3.08. The van der Waals surface area contributed by atoms with Gasteiger partial charge in [-0.3, -0.25) is 9.69 Å². The number of aryl methyl sites for hydroxylation is 1. The molecule has 3 N–H and O–H groups in total. The monoisotopic (exact) mass is 413 g/mol. The van der Waals surface area contributed by atoms with Gasteiger partial charge in [-0.05, 0) is 49.7 Å². The smallest absolute Gasteiger partial charge is 0.323 e. The number of aromatic nitrogens is 2. The molecule has 1 aliphatic heterocycles. The van der Waals surface area contributed by atoms with E-state index in [2.05, 4.69) is 32.0 Å². The van der Waals surface area contributed by atoms with Gasteiger partial charge in [0, 0.05) is 42.6 Å². The van der Waals surface area contributed by atoms with Crippen LogP contribution in [0, 0.1) is 6.92 Å². The molecular formula is C21H24ClN5O2. The summed E-state index contributed by atoms with van der Waals surface area (Å²) >= 11 is 6.16. The molecule has 2 aromatic carbocycles. The van der Waals surface area contributed by atoms with Crippen molar-refractivity contribution in [3.8, 4) is 0 Å². The number of carbonyl (C=O) groups is 1. The molecule has 7 nitrogen and oxygen atoms in total. The number of amides is 1. The fraction of sp³-hybridized carbons (Fsp3) is 0.333. The third kappa shape index (κ3) is 4.16. The lowest BCUT2D eigenvalue weighted by molar-refractivity contribution is -0.120. The summed E-state index contributed by atoms with van der Waals surface area (Å²) in [6.45, 7) is 7.29. The van der Waals surface area contributed by atoms with E-state index in [0.717, 1.165) is 36.9 Å². The van der Waals surface area contributed by atoms with Crippen molar-refractivity contribution in [3.05, 3.63) is 57.5 Å². The summed E-state index contributed by atoms with van der Waals surface area (Å²) in [6.07, 6.45) is 0. The summed E-state index contributed by atoms with van der Waals surface area (Å²) in [7, 11) is 0. The molecule has 0 saturated carbocycles. The zero-order chi connectivity index (χ0) is 20.5. The van der Waals surface area contributed by atoms with Gasteiger partial charge in [-0.1, -0.05) is 17.7 Å². The molecule has 1 aromatic heterocycles. The Balaban J connectivity index is 1.38. The van der Waals surface area contributed by atoms with Crippen LogP contribution in [0.15, 0.2) is 41.2 Å². The van der Waals surface area contributed by atoms with Gasteiger partial charge in [0.25, 0.3) is 0 Å². The van der Waals surface area contributed by atoms with Gasteiger partial charge in [0.1, 0.15) is 0 Å². The Bertz CT molecular complexity index is 1100. The van der Waals surface area contributed by atoms with Crippen LogP contribution in [0.1, 0.15) is 12.5 Å². The lowest BCUT2D eigenvalue weighted by atomic mass is 10.1. The van der Waals surface area contributed by atoms with E-state index in [1.165, 1.54) is 5.56 Å². The normalized spacial score (nSPS) is 16.2. The van der Waals surface area contributed by atoms with E-state index in [9.17, 15) is 9.59 Å². The van der Waals surface area contributed by atoms with Crippen LogP contribution in [-0.2, 0) is 4.79 Å². The molecule has 0 unspecified atom stereocenters. The second kappa shape index (κ2) is 7.93. The minimum atomic E-state index is -0.260. The standard InChI is InChI=1S/C21H24ClN5O2/c1-13-3-4-15(22)11-19(13)27-9-7-26(8-10-27)14(2)20(28)23-16-5-6-17-18(12-16)25-21(29)24-17/h3-6,11-12,14H,7-10H2,1-2H3,(H,23,28)(H2,24,25,29)/t14-/m0/s1. The SMILES string of the molecule is Cc1ccc(Cl)cc1N1CCN([C@@H](C)C(=O)Nc2ccc3[nH]c(=O)[nH]c3c2)CC1. The lowest BCUT2D eigenvalue weighted by Gasteiger charge is -2.39. The molecule has 0 aliphatic carbocycles. The molecule has 2 heterocycles. The summed E-state index contributed by atoms with van der Waals surface area (Å²) in [6, 6.07) is 11.0. The van der Waals surface area contributed by atoms with Crippen molar-refractivity contribution in [1.29, 1.82) is 0 Å². The Kier molecular flexibility index (Phi) is 5.34. The van der Waals surface area contributed by atoms with E-state index >= 15 is 0 Å². The van der Waals surface area contributed by atoms with Crippen LogP contribution >= 0.6 is 11.6 Å². The molecule has 1 amide bonds. The van der Waals surface area contributed by atoms with Gasteiger partial charge in [-0.15, -0.1) is 0 Å². The van der Waals surface area contributed by atoms with Gasteiger partial charge >= 0.3 is 5.69 Å². The van der Waals surface area contributed by atoms with E-state index in [1.807, 2.05) is 25.1 Å². The second-order valence-electron chi connectivity index (χ2n) is 7.46. The minimum Gasteiger partial charge on any atom is -0.369 e. The Morgan fingerprint density at radius 3 is 2.55 bits per heavy atom. The van der Waals surface area contributed by atoms with Gasteiger partial charge in [0.15, 0.2) is 0 Å². The Labute approximate surface area is 173 Å². The number of hydrogen-bond donors (Lipinski definition) is 3. The molecule has 1 aliphatic rings. The van der Waals surface area contributed by atoms with E-state index in [0.29, 0.717) is 16.7 Å². The number of hydrogen-bond acceptors (Lipinski definition) is 4. The number of H-pyrrole nitrogens is 2. The molecule has 1 fully saturated rings. The summed E-state index contributed by atoms with van der Waals surface area (Å²) in [5.41, 5.74) is 4.15. The maximum atomic E-state index is 12.7. The highest BCUT2D eigenvalue weighted by Gasteiger charge is 2.26. The van der Waals surface area contributed by atoms with Crippen molar-refractivity contribution in [2.45, 2.75) is 19.9 Å². The molecular weight excluding hydrogens is 390 g/mol. The van der Waals surface area contributed by atoms with Crippen LogP contribution in [0.3, 0.4) is 0 Å². The predicted octanol–water partition coefficient (Wildman–Crippen LogP) is 2.97. The van der Waals surface area contributed by atoms with Gasteiger partial charge in [-0.25, -0.2) is 4.79 Å². The highest BCUT2D eigenvalue weighted by Crippen LogP contribution is 2.25. The first-order valence-corrected chi connectivity index (χ1v) is 10.1. The maximum Gasteiger partial charge on any atom is 0.323 e. The summed E-state index contributed by atoms with van der Waals surface area (Å²) in [5, 5.41) is 3.69. The largest absolute Gasteiger partial charge is 0.369 e. The van der Waals surface area contributed by atoms with Crippen molar-refractivity contribution in [3.63, 3.8) is 0 Å². The summed E-state index contributed by atoms with van der Waals surface area (Å²) in [5.74, 6) is -0.0605. The summed E-state index contributed by atoms with van der Waals surface area (Å²) < 4.78 is 0. The Morgan fingerprint density at radius 2 is 1.79 bits per heavy atom. The van der Waals surface area contributed by atoms with Crippen LogP contribution < -0.4 is 15.9 Å². The van der Waals surface area contributed by atoms with Crippen LogP contribution in [0.25, 0.3) is 11.0 Å². The molecule has 8 heteroatoms. The maximum absolute atomic E-state index is 12.7. The zero-order valence-electron chi connectivity index (χ0n) is 16.5. The molecule has 1 saturated heterocycles. The number of nitrogens with one attached hydrogen (secondary N) is 3. The number of rotatable bonds is 4. The molecule has 152 valence electrons. The number of piperazine rings is 1. The van der Waals surface area contributed by atoms with Gasteiger partial charge in [0.2, 0.25) is 5.91 Å². The number of anilines is 2. The first-order valence-electron chi connectivity index (χ1n) is 9.69. The lowest BCUT2D eigenvalue weighted by Crippen LogP contribution is -2.53. The highest BCUT2D eigenvalue weighted by atomic mass is 35.5. The first kappa shape index (κ1) is 19.5. The third-order valence-electron chi connectivity index (χ3n) is 5.54. The number of nitrogens with zero attached hydrogens (tertiary/aromatic N) is 2. The molecule has 0 radical (unpaired) electrons. The predicted molar refractivity (Wildman–Crippen MR) is 117 cm³/mol.